The smallest absolute Gasteiger partial charge is 0.387 e. The van der Waals surface area contributed by atoms with E-state index in [0.29, 0.717) is 23.8 Å². The molecule has 28 heavy (non-hydrogen) atoms. The molecule has 0 spiro atoms. The van der Waals surface area contributed by atoms with Crippen LogP contribution in [-0.4, -0.2) is 57.8 Å². The summed E-state index contributed by atoms with van der Waals surface area (Å²) in [7, 11) is 3.17. The summed E-state index contributed by atoms with van der Waals surface area (Å²) >= 11 is 0. The Morgan fingerprint density at radius 3 is 2.68 bits per heavy atom. The van der Waals surface area contributed by atoms with Crippen molar-refractivity contribution in [3.05, 3.63) is 23.8 Å². The van der Waals surface area contributed by atoms with E-state index in [9.17, 15) is 8.78 Å². The number of nitrogens with zero attached hydrogens (tertiary/aromatic N) is 2. The van der Waals surface area contributed by atoms with Crippen molar-refractivity contribution in [2.24, 2.45) is 10.9 Å². The molecule has 0 radical (unpaired) electrons. The van der Waals surface area contributed by atoms with Crippen molar-refractivity contribution < 1.29 is 18.3 Å². The molecule has 1 aromatic carbocycles. The van der Waals surface area contributed by atoms with E-state index in [1.807, 2.05) is 0 Å². The van der Waals surface area contributed by atoms with Crippen molar-refractivity contribution in [3.8, 4) is 11.5 Å². The first kappa shape index (κ1) is 22.2. The minimum absolute atomic E-state index is 0.0941. The summed E-state index contributed by atoms with van der Waals surface area (Å²) in [5, 5.41) is 6.41. The SMILES string of the molecule is CN=C(NCCCN1CCC(C)CC1)NCc1ccc(OC)cc1OC(F)F. The fourth-order valence-electron chi connectivity index (χ4n) is 3.21. The van der Waals surface area contributed by atoms with Crippen LogP contribution in [0.2, 0.25) is 0 Å². The number of guanidine groups is 1. The van der Waals surface area contributed by atoms with Gasteiger partial charge in [-0.3, -0.25) is 4.99 Å². The summed E-state index contributed by atoms with van der Waals surface area (Å²) in [6.45, 7) is 3.97. The Bertz CT molecular complexity index is 620. The van der Waals surface area contributed by atoms with Gasteiger partial charge in [0.25, 0.3) is 0 Å². The third-order valence-corrected chi connectivity index (χ3v) is 4.98. The van der Waals surface area contributed by atoms with Crippen LogP contribution in [0.15, 0.2) is 23.2 Å². The number of hydrogen-bond donors (Lipinski definition) is 2. The average molecular weight is 398 g/mol. The summed E-state index contributed by atoms with van der Waals surface area (Å²) < 4.78 is 35.0. The first-order valence-corrected chi connectivity index (χ1v) is 9.80. The molecule has 1 saturated heterocycles. The quantitative estimate of drug-likeness (QED) is 0.380. The standard InChI is InChI=1S/C20H32F2N4O2/c1-15-7-11-26(12-8-15)10-4-9-24-20(23-2)25-14-16-5-6-17(27-3)13-18(16)28-19(21)22/h5-6,13,15,19H,4,7-12,14H2,1-3H3,(H2,23,24,25). The van der Waals surface area contributed by atoms with Crippen LogP contribution in [0.1, 0.15) is 31.7 Å². The highest BCUT2D eigenvalue weighted by molar-refractivity contribution is 5.79. The van der Waals surface area contributed by atoms with Crippen LogP contribution >= 0.6 is 0 Å². The normalized spacial score (nSPS) is 16.3. The molecule has 1 aromatic rings. The second-order valence-electron chi connectivity index (χ2n) is 7.08. The zero-order valence-electron chi connectivity index (χ0n) is 17.0. The first-order chi connectivity index (χ1) is 13.5. The molecule has 0 aliphatic carbocycles. The van der Waals surface area contributed by atoms with Crippen LogP contribution in [-0.2, 0) is 6.54 Å². The van der Waals surface area contributed by atoms with Gasteiger partial charge >= 0.3 is 6.61 Å². The number of benzene rings is 1. The van der Waals surface area contributed by atoms with Crippen LogP contribution in [0.3, 0.4) is 0 Å². The summed E-state index contributed by atoms with van der Waals surface area (Å²) in [5.74, 6) is 2.03. The zero-order chi connectivity index (χ0) is 20.4. The Morgan fingerprint density at radius 2 is 2.04 bits per heavy atom. The lowest BCUT2D eigenvalue weighted by atomic mass is 9.99. The number of aliphatic imine (C=N–C) groups is 1. The van der Waals surface area contributed by atoms with Crippen molar-refractivity contribution >= 4 is 5.96 Å². The molecule has 8 heteroatoms. The maximum Gasteiger partial charge on any atom is 0.387 e. The van der Waals surface area contributed by atoms with Crippen LogP contribution < -0.4 is 20.1 Å². The lowest BCUT2D eigenvalue weighted by Crippen LogP contribution is -2.39. The van der Waals surface area contributed by atoms with Crippen molar-refractivity contribution in [2.45, 2.75) is 39.3 Å². The van der Waals surface area contributed by atoms with E-state index in [1.54, 1.807) is 19.2 Å². The zero-order valence-corrected chi connectivity index (χ0v) is 17.0. The maximum atomic E-state index is 12.7. The summed E-state index contributed by atoms with van der Waals surface area (Å²) in [4.78, 5) is 6.69. The monoisotopic (exact) mass is 398 g/mol. The van der Waals surface area contributed by atoms with E-state index >= 15 is 0 Å². The van der Waals surface area contributed by atoms with Gasteiger partial charge in [-0.25, -0.2) is 0 Å². The Kier molecular flexibility index (Phi) is 9.27. The van der Waals surface area contributed by atoms with Gasteiger partial charge in [-0.15, -0.1) is 0 Å². The molecule has 1 fully saturated rings. The summed E-state index contributed by atoms with van der Waals surface area (Å²) in [6, 6.07) is 4.87. The predicted molar refractivity (Wildman–Crippen MR) is 107 cm³/mol. The highest BCUT2D eigenvalue weighted by Gasteiger charge is 2.15. The molecule has 0 unspecified atom stereocenters. The molecule has 158 valence electrons. The van der Waals surface area contributed by atoms with Gasteiger partial charge in [-0.2, -0.15) is 8.78 Å². The maximum absolute atomic E-state index is 12.7. The number of nitrogens with one attached hydrogen (secondary N) is 2. The number of hydrogen-bond acceptors (Lipinski definition) is 4. The van der Waals surface area contributed by atoms with Crippen molar-refractivity contribution in [1.82, 2.24) is 15.5 Å². The molecule has 0 atom stereocenters. The molecule has 2 rings (SSSR count). The van der Waals surface area contributed by atoms with Gasteiger partial charge in [0.2, 0.25) is 0 Å². The Hall–Kier alpha value is -2.09. The van der Waals surface area contributed by atoms with E-state index in [2.05, 4.69) is 32.2 Å². The van der Waals surface area contributed by atoms with Crippen LogP contribution in [0, 0.1) is 5.92 Å². The molecular formula is C20H32F2N4O2. The van der Waals surface area contributed by atoms with Crippen molar-refractivity contribution in [3.63, 3.8) is 0 Å². The molecule has 0 saturated carbocycles. The van der Waals surface area contributed by atoms with E-state index in [-0.39, 0.29) is 5.75 Å². The fourth-order valence-corrected chi connectivity index (χ4v) is 3.21. The number of rotatable bonds is 9. The molecule has 1 aliphatic heterocycles. The summed E-state index contributed by atoms with van der Waals surface area (Å²) in [5.41, 5.74) is 0.603. The number of methoxy groups -OCH3 is 1. The third-order valence-electron chi connectivity index (χ3n) is 4.98. The molecule has 1 aliphatic rings. The van der Waals surface area contributed by atoms with Gasteiger partial charge in [-0.05, 0) is 56.9 Å². The molecule has 2 N–H and O–H groups in total. The second kappa shape index (κ2) is 11.7. The van der Waals surface area contributed by atoms with Gasteiger partial charge in [0, 0.05) is 31.8 Å². The van der Waals surface area contributed by atoms with Gasteiger partial charge in [0.05, 0.1) is 7.11 Å². The molecule has 0 amide bonds. The molecule has 0 bridgehead atoms. The highest BCUT2D eigenvalue weighted by atomic mass is 19.3. The fraction of sp³-hybridized carbons (Fsp3) is 0.650. The Labute approximate surface area is 166 Å². The lowest BCUT2D eigenvalue weighted by molar-refractivity contribution is -0.0505. The van der Waals surface area contributed by atoms with Crippen molar-refractivity contribution in [2.75, 3.05) is 40.3 Å². The Morgan fingerprint density at radius 1 is 1.29 bits per heavy atom. The minimum atomic E-state index is -2.89. The minimum Gasteiger partial charge on any atom is -0.497 e. The molecule has 6 nitrogen and oxygen atoms in total. The molecule has 0 aromatic heterocycles. The first-order valence-electron chi connectivity index (χ1n) is 9.80. The van der Waals surface area contributed by atoms with Crippen LogP contribution in [0.25, 0.3) is 0 Å². The number of likely N-dealkylation sites (tertiary alicyclic amines) is 1. The molecule has 1 heterocycles. The van der Waals surface area contributed by atoms with Gasteiger partial charge in [0.15, 0.2) is 5.96 Å². The third kappa shape index (κ3) is 7.50. The largest absolute Gasteiger partial charge is 0.497 e. The van der Waals surface area contributed by atoms with E-state index < -0.39 is 6.61 Å². The number of ether oxygens (including phenoxy) is 2. The van der Waals surface area contributed by atoms with Gasteiger partial charge in [0.1, 0.15) is 11.5 Å². The van der Waals surface area contributed by atoms with Crippen molar-refractivity contribution in [1.29, 1.82) is 0 Å². The number of alkyl halides is 2. The van der Waals surface area contributed by atoms with E-state index in [0.717, 1.165) is 25.4 Å². The van der Waals surface area contributed by atoms with Crippen LogP contribution in [0.5, 0.6) is 11.5 Å². The van der Waals surface area contributed by atoms with E-state index in [4.69, 9.17) is 4.74 Å². The average Bonchev–Trinajstić information content (AvgIpc) is 2.69. The highest BCUT2D eigenvalue weighted by Crippen LogP contribution is 2.26. The second-order valence-corrected chi connectivity index (χ2v) is 7.08. The van der Waals surface area contributed by atoms with Crippen LogP contribution in [0.4, 0.5) is 8.78 Å². The summed E-state index contributed by atoms with van der Waals surface area (Å²) in [6.07, 6.45) is 3.58. The van der Waals surface area contributed by atoms with Gasteiger partial charge in [-0.1, -0.05) is 6.92 Å². The van der Waals surface area contributed by atoms with E-state index in [1.165, 1.54) is 39.1 Å². The topological polar surface area (TPSA) is 58.1 Å². The molecular weight excluding hydrogens is 366 g/mol. The number of halogens is 2. The lowest BCUT2D eigenvalue weighted by Gasteiger charge is -2.30. The Balaban J connectivity index is 1.77. The predicted octanol–water partition coefficient (Wildman–Crippen LogP) is 3.08. The number of piperidine rings is 1. The van der Waals surface area contributed by atoms with Gasteiger partial charge < -0.3 is 25.0 Å².